The number of carboxylic acid groups (broad SMARTS) is 1. The molecule has 0 bridgehead atoms. The van der Waals surface area contributed by atoms with Crippen molar-refractivity contribution in [3.05, 3.63) is 47.0 Å². The van der Waals surface area contributed by atoms with Gasteiger partial charge in [-0.3, -0.25) is 9.36 Å². The van der Waals surface area contributed by atoms with E-state index < -0.39 is 25.9 Å². The third-order valence-electron chi connectivity index (χ3n) is 5.64. The van der Waals surface area contributed by atoms with Crippen LogP contribution < -0.4 is 0 Å². The summed E-state index contributed by atoms with van der Waals surface area (Å²) in [7, 11) is -2.35. The Labute approximate surface area is 187 Å². The maximum atomic E-state index is 13.6. The minimum absolute atomic E-state index is 0.143. The van der Waals surface area contributed by atoms with Crippen molar-refractivity contribution in [2.24, 2.45) is 0 Å². The highest BCUT2D eigenvalue weighted by Crippen LogP contribution is 2.46. The number of aromatic nitrogens is 1. The van der Waals surface area contributed by atoms with E-state index in [0.29, 0.717) is 0 Å². The molecule has 0 amide bonds. The molecule has 0 fully saturated rings. The zero-order valence-corrected chi connectivity index (χ0v) is 19.5. The number of aliphatic hydroxyl groups is 1. The van der Waals surface area contributed by atoms with Crippen LogP contribution in [0.2, 0.25) is 0 Å². The van der Waals surface area contributed by atoms with E-state index >= 15 is 0 Å². The van der Waals surface area contributed by atoms with E-state index in [-0.39, 0.29) is 17.9 Å². The predicted octanol–water partition coefficient (Wildman–Crippen LogP) is 4.82. The predicted molar refractivity (Wildman–Crippen MR) is 121 cm³/mol. The summed E-state index contributed by atoms with van der Waals surface area (Å²) in [5.41, 5.74) is 7.38. The molecule has 2 atom stereocenters. The Morgan fingerprint density at radius 3 is 2.56 bits per heavy atom. The van der Waals surface area contributed by atoms with Gasteiger partial charge in [0.05, 0.1) is 24.3 Å². The van der Waals surface area contributed by atoms with E-state index in [1.165, 1.54) is 19.2 Å². The summed E-state index contributed by atoms with van der Waals surface area (Å²) in [5, 5.41) is 18.9. The molecule has 32 heavy (non-hydrogen) atoms. The highest BCUT2D eigenvalue weighted by molar-refractivity contribution is 7.64. The van der Waals surface area contributed by atoms with Crippen LogP contribution in [0.3, 0.4) is 0 Å². The Bertz CT molecular complexity index is 1090. The van der Waals surface area contributed by atoms with Gasteiger partial charge in [0.25, 0.3) is 7.37 Å². The number of hydrogen-bond donors (Lipinski definition) is 2. The van der Waals surface area contributed by atoms with Crippen molar-refractivity contribution in [1.29, 1.82) is 0 Å². The molecule has 8 heteroatoms. The van der Waals surface area contributed by atoms with E-state index in [1.807, 2.05) is 0 Å². The lowest BCUT2D eigenvalue weighted by atomic mass is 9.96. The molecule has 1 aliphatic heterocycles. The van der Waals surface area contributed by atoms with Gasteiger partial charge in [-0.1, -0.05) is 31.9 Å². The molecule has 0 radical (unpaired) electrons. The van der Waals surface area contributed by atoms with Gasteiger partial charge in [-0.05, 0) is 48.5 Å². The Morgan fingerprint density at radius 2 is 1.97 bits per heavy atom. The number of benzene rings is 1. The third-order valence-corrected chi connectivity index (χ3v) is 7.59. The zero-order valence-electron chi connectivity index (χ0n) is 18.6. The van der Waals surface area contributed by atoms with Crippen molar-refractivity contribution < 1.29 is 28.5 Å². The minimum atomic E-state index is -3.60. The number of carbonyl (C=O) groups is 1. The van der Waals surface area contributed by atoms with Crippen molar-refractivity contribution in [3.8, 4) is 22.7 Å². The van der Waals surface area contributed by atoms with Crippen molar-refractivity contribution >= 4 is 13.3 Å². The van der Waals surface area contributed by atoms with Gasteiger partial charge in [0.1, 0.15) is 5.82 Å². The molecule has 3 rings (SSSR count). The van der Waals surface area contributed by atoms with Crippen LogP contribution in [0.1, 0.15) is 56.0 Å². The van der Waals surface area contributed by atoms with Gasteiger partial charge in [-0.2, -0.15) is 0 Å². The topological polar surface area (TPSA) is 88.8 Å². The average molecular weight is 461 g/mol. The van der Waals surface area contributed by atoms with Crippen LogP contribution in [0, 0.1) is 17.4 Å². The molecule has 6 nitrogen and oxygen atoms in total. The van der Waals surface area contributed by atoms with E-state index in [4.69, 9.17) is 9.63 Å². The number of aliphatic carboxylic acids is 1. The van der Waals surface area contributed by atoms with Gasteiger partial charge in [-0.25, -0.2) is 4.39 Å². The molecule has 1 aromatic heterocycles. The third kappa shape index (κ3) is 5.32. The summed E-state index contributed by atoms with van der Waals surface area (Å²) < 4.78 is 34.2. The van der Waals surface area contributed by atoms with Crippen LogP contribution in [0.4, 0.5) is 4.39 Å². The van der Waals surface area contributed by atoms with Crippen LogP contribution in [0.15, 0.2) is 24.3 Å². The first-order valence-corrected chi connectivity index (χ1v) is 12.5. The quantitative estimate of drug-likeness (QED) is 0.456. The van der Waals surface area contributed by atoms with E-state index in [0.717, 1.165) is 53.9 Å². The molecular weight excluding hydrogens is 432 g/mol. The van der Waals surface area contributed by atoms with Crippen LogP contribution in [-0.2, 0) is 26.8 Å². The van der Waals surface area contributed by atoms with Crippen LogP contribution in [0.25, 0.3) is 11.1 Å². The second-order valence-corrected chi connectivity index (χ2v) is 10.7. The molecule has 2 aromatic rings. The van der Waals surface area contributed by atoms with Gasteiger partial charge in [0.2, 0.25) is 0 Å². The summed E-state index contributed by atoms with van der Waals surface area (Å²) in [6, 6.07) is 6.28. The summed E-state index contributed by atoms with van der Waals surface area (Å²) in [6.07, 6.45) is 0.742. The Morgan fingerprint density at radius 1 is 1.28 bits per heavy atom. The second-order valence-electron chi connectivity index (χ2n) is 8.38. The fourth-order valence-electron chi connectivity index (χ4n) is 4.27. The summed E-state index contributed by atoms with van der Waals surface area (Å²) in [6.45, 7) is 5.00. The molecule has 2 N–H and O–H groups in total. The Kier molecular flexibility index (Phi) is 7.61. The maximum absolute atomic E-state index is 13.6. The number of fused-ring (bicyclic) bond motifs is 1. The standard InChI is InChI=1S/C24H29FNO5P/c1-16(2)24-20(11-13-32(30,31-3)15-19(27)14-22(28)29)23(17-7-9-18(25)10-8-17)21-6-4-5-12-26(21)24/h7-10,16,19,27H,4-6,12,14-15H2,1-3H3,(H,28,29)/t19-,32?/m0/s1. The van der Waals surface area contributed by atoms with Crippen LogP contribution in [-0.4, -0.2) is 40.1 Å². The fraction of sp³-hybridized carbons (Fsp3) is 0.458. The smallest absolute Gasteiger partial charge is 0.305 e. The highest BCUT2D eigenvalue weighted by Gasteiger charge is 2.28. The number of hydrogen-bond acceptors (Lipinski definition) is 4. The highest BCUT2D eigenvalue weighted by atomic mass is 31.2. The van der Waals surface area contributed by atoms with Crippen molar-refractivity contribution in [2.45, 2.75) is 58.1 Å². The molecule has 172 valence electrons. The van der Waals surface area contributed by atoms with Gasteiger partial charge in [-0.15, -0.1) is 0 Å². The molecule has 0 saturated heterocycles. The lowest BCUT2D eigenvalue weighted by molar-refractivity contribution is -0.138. The molecule has 0 spiro atoms. The van der Waals surface area contributed by atoms with Crippen molar-refractivity contribution in [3.63, 3.8) is 0 Å². The number of aliphatic hydroxyl groups excluding tert-OH is 1. The number of carboxylic acids is 1. The lowest BCUT2D eigenvalue weighted by Gasteiger charge is -2.20. The molecule has 1 aromatic carbocycles. The SMILES string of the molecule is COP(=O)(C#Cc1c(-c2ccc(F)cc2)c2n(c1C(C)C)CCCC2)C[C@@H](O)CC(=O)O. The minimum Gasteiger partial charge on any atom is -0.481 e. The van der Waals surface area contributed by atoms with Crippen LogP contribution >= 0.6 is 7.37 Å². The zero-order chi connectivity index (χ0) is 23.5. The molecule has 1 unspecified atom stereocenters. The van der Waals surface area contributed by atoms with Gasteiger partial charge >= 0.3 is 5.97 Å². The Balaban J connectivity index is 2.15. The van der Waals surface area contributed by atoms with E-state index in [1.54, 1.807) is 12.1 Å². The van der Waals surface area contributed by atoms with E-state index in [2.05, 4.69) is 30.0 Å². The number of rotatable bonds is 7. The first-order chi connectivity index (χ1) is 15.1. The lowest BCUT2D eigenvalue weighted by Crippen LogP contribution is -2.17. The summed E-state index contributed by atoms with van der Waals surface area (Å²) in [5.74, 6) is 1.71. The molecule has 0 saturated carbocycles. The van der Waals surface area contributed by atoms with Gasteiger partial charge < -0.3 is 19.3 Å². The second kappa shape index (κ2) is 10.0. The maximum Gasteiger partial charge on any atom is 0.305 e. The van der Waals surface area contributed by atoms with Crippen molar-refractivity contribution in [2.75, 3.05) is 13.3 Å². The monoisotopic (exact) mass is 461 g/mol. The van der Waals surface area contributed by atoms with E-state index in [9.17, 15) is 18.9 Å². The molecule has 2 heterocycles. The first kappa shape index (κ1) is 24.3. The molecule has 1 aliphatic rings. The van der Waals surface area contributed by atoms with Crippen LogP contribution in [0.5, 0.6) is 0 Å². The van der Waals surface area contributed by atoms with Gasteiger partial charge in [0.15, 0.2) is 0 Å². The summed E-state index contributed by atoms with van der Waals surface area (Å²) in [4.78, 5) is 10.9. The normalized spacial score (nSPS) is 16.1. The largest absolute Gasteiger partial charge is 0.481 e. The average Bonchev–Trinajstić information content (AvgIpc) is 3.06. The number of halogens is 1. The molecular formula is C24H29FNO5P. The molecule has 0 aliphatic carbocycles. The fourth-order valence-corrected chi connectivity index (χ4v) is 5.57. The Hall–Kier alpha value is -2.39. The van der Waals surface area contributed by atoms with Crippen molar-refractivity contribution in [1.82, 2.24) is 4.57 Å². The van der Waals surface area contributed by atoms with Gasteiger partial charge in [0, 0.05) is 30.6 Å². The first-order valence-electron chi connectivity index (χ1n) is 10.7. The number of nitrogens with zero attached hydrogens (tertiary/aromatic N) is 1. The summed E-state index contributed by atoms with van der Waals surface area (Å²) >= 11 is 0.